The van der Waals surface area contributed by atoms with E-state index in [1.54, 1.807) is 23.0 Å². The lowest BCUT2D eigenvalue weighted by Gasteiger charge is -1.99. The summed E-state index contributed by atoms with van der Waals surface area (Å²) in [7, 11) is 1.84. The van der Waals surface area contributed by atoms with Crippen LogP contribution in [0.3, 0.4) is 0 Å². The number of imidazole rings is 1. The number of hydrogen-bond donors (Lipinski definition) is 1. The zero-order valence-corrected chi connectivity index (χ0v) is 8.31. The van der Waals surface area contributed by atoms with Crippen LogP contribution in [0.25, 0.3) is 11.3 Å². The van der Waals surface area contributed by atoms with E-state index in [4.69, 9.17) is 11.0 Å². The Hall–Kier alpha value is -2.28. The van der Waals surface area contributed by atoms with Crippen molar-refractivity contribution >= 4 is 5.82 Å². The molecule has 0 spiro atoms. The highest BCUT2D eigenvalue weighted by atomic mass is 15.1. The smallest absolute Gasteiger partial charge is 0.131 e. The van der Waals surface area contributed by atoms with Crippen LogP contribution >= 0.6 is 0 Å². The van der Waals surface area contributed by atoms with E-state index < -0.39 is 0 Å². The molecule has 0 aliphatic heterocycles. The first kappa shape index (κ1) is 9.28. The molecule has 15 heavy (non-hydrogen) atoms. The molecule has 1 aromatic heterocycles. The molecule has 0 saturated carbocycles. The molecule has 2 aromatic rings. The fourth-order valence-electron chi connectivity index (χ4n) is 1.36. The molecule has 4 nitrogen and oxygen atoms in total. The van der Waals surface area contributed by atoms with Crippen molar-refractivity contribution in [2.45, 2.75) is 0 Å². The van der Waals surface area contributed by atoms with E-state index in [0.717, 1.165) is 11.3 Å². The topological polar surface area (TPSA) is 67.6 Å². The normalized spacial score (nSPS) is 9.87. The minimum Gasteiger partial charge on any atom is -0.383 e. The number of nitrogens with two attached hydrogens (primary N) is 1. The number of nitriles is 1. The molecule has 1 heterocycles. The predicted octanol–water partition coefficient (Wildman–Crippen LogP) is 1.54. The first-order valence-corrected chi connectivity index (χ1v) is 4.49. The summed E-state index contributed by atoms with van der Waals surface area (Å²) < 4.78 is 1.76. The van der Waals surface area contributed by atoms with Crippen molar-refractivity contribution in [2.24, 2.45) is 7.05 Å². The molecule has 2 rings (SSSR count). The van der Waals surface area contributed by atoms with Gasteiger partial charge >= 0.3 is 0 Å². The van der Waals surface area contributed by atoms with Crippen molar-refractivity contribution in [3.63, 3.8) is 0 Å². The zero-order valence-electron chi connectivity index (χ0n) is 8.31. The fourth-order valence-corrected chi connectivity index (χ4v) is 1.36. The maximum absolute atomic E-state index is 8.66. The molecule has 0 radical (unpaired) electrons. The lowest BCUT2D eigenvalue weighted by atomic mass is 10.1. The Morgan fingerprint density at radius 2 is 2.00 bits per heavy atom. The van der Waals surface area contributed by atoms with E-state index in [0.29, 0.717) is 11.4 Å². The van der Waals surface area contributed by atoms with E-state index in [2.05, 4.69) is 11.1 Å². The summed E-state index contributed by atoms with van der Waals surface area (Å²) in [6, 6.07) is 9.26. The highest BCUT2D eigenvalue weighted by molar-refractivity contribution is 5.70. The Morgan fingerprint density at radius 3 is 2.47 bits per heavy atom. The van der Waals surface area contributed by atoms with Crippen LogP contribution in [0.1, 0.15) is 5.56 Å². The molecular formula is C11H10N4. The van der Waals surface area contributed by atoms with Crippen molar-refractivity contribution in [1.82, 2.24) is 9.55 Å². The molecule has 74 valence electrons. The summed E-state index contributed by atoms with van der Waals surface area (Å²) in [6.45, 7) is 0. The van der Waals surface area contributed by atoms with Gasteiger partial charge in [0.15, 0.2) is 0 Å². The molecule has 0 bridgehead atoms. The molecular weight excluding hydrogens is 188 g/mol. The number of nitrogens with zero attached hydrogens (tertiary/aromatic N) is 3. The summed E-state index contributed by atoms with van der Waals surface area (Å²) in [5, 5.41) is 8.66. The highest BCUT2D eigenvalue weighted by Crippen LogP contribution is 2.23. The van der Waals surface area contributed by atoms with Crippen molar-refractivity contribution in [2.75, 3.05) is 5.73 Å². The van der Waals surface area contributed by atoms with Gasteiger partial charge in [-0.25, -0.2) is 4.98 Å². The molecule has 0 amide bonds. The SMILES string of the molecule is Cn1cnc(-c2ccc(C#N)cc2)c1N. The Morgan fingerprint density at radius 1 is 1.33 bits per heavy atom. The minimum absolute atomic E-state index is 0.625. The van der Waals surface area contributed by atoms with Crippen molar-refractivity contribution in [1.29, 1.82) is 5.26 Å². The van der Waals surface area contributed by atoms with E-state index in [-0.39, 0.29) is 0 Å². The molecule has 1 aromatic carbocycles. The lowest BCUT2D eigenvalue weighted by Crippen LogP contribution is -1.95. The van der Waals surface area contributed by atoms with Crippen molar-refractivity contribution in [3.05, 3.63) is 36.2 Å². The number of benzene rings is 1. The Bertz CT molecular complexity index is 517. The largest absolute Gasteiger partial charge is 0.383 e. The predicted molar refractivity (Wildman–Crippen MR) is 57.8 cm³/mol. The average molecular weight is 198 g/mol. The van der Waals surface area contributed by atoms with Gasteiger partial charge in [0.05, 0.1) is 18.0 Å². The molecule has 0 atom stereocenters. The monoisotopic (exact) mass is 198 g/mol. The minimum atomic E-state index is 0.625. The maximum atomic E-state index is 8.66. The summed E-state index contributed by atoms with van der Waals surface area (Å²) in [5.41, 5.74) is 8.15. The van der Waals surface area contributed by atoms with Crippen LogP contribution in [0, 0.1) is 11.3 Å². The van der Waals surface area contributed by atoms with Gasteiger partial charge in [-0.15, -0.1) is 0 Å². The van der Waals surface area contributed by atoms with Crippen LogP contribution in [0.4, 0.5) is 5.82 Å². The molecule has 0 unspecified atom stereocenters. The van der Waals surface area contributed by atoms with Gasteiger partial charge in [-0.2, -0.15) is 5.26 Å². The second-order valence-corrected chi connectivity index (χ2v) is 3.28. The zero-order chi connectivity index (χ0) is 10.8. The van der Waals surface area contributed by atoms with E-state index in [1.165, 1.54) is 0 Å². The second kappa shape index (κ2) is 3.46. The molecule has 0 aliphatic carbocycles. The molecule has 0 saturated heterocycles. The summed E-state index contributed by atoms with van der Waals surface area (Å²) in [4.78, 5) is 4.20. The number of aryl methyl sites for hydroxylation is 1. The summed E-state index contributed by atoms with van der Waals surface area (Å²) >= 11 is 0. The molecule has 0 fully saturated rings. The van der Waals surface area contributed by atoms with Crippen LogP contribution in [0.15, 0.2) is 30.6 Å². The number of rotatable bonds is 1. The van der Waals surface area contributed by atoms with Crippen molar-refractivity contribution in [3.8, 4) is 17.3 Å². The van der Waals surface area contributed by atoms with E-state index in [1.807, 2.05) is 19.2 Å². The Labute approximate surface area is 87.6 Å². The fraction of sp³-hybridized carbons (Fsp3) is 0.0909. The Kier molecular flexibility index (Phi) is 2.14. The van der Waals surface area contributed by atoms with E-state index in [9.17, 15) is 0 Å². The van der Waals surface area contributed by atoms with Gasteiger partial charge in [0.25, 0.3) is 0 Å². The van der Waals surface area contributed by atoms with Gasteiger partial charge < -0.3 is 10.3 Å². The first-order chi connectivity index (χ1) is 7.22. The Balaban J connectivity index is 2.47. The number of anilines is 1. The first-order valence-electron chi connectivity index (χ1n) is 4.49. The molecule has 2 N–H and O–H groups in total. The number of aromatic nitrogens is 2. The standard InChI is InChI=1S/C11H10N4/c1-15-7-14-10(11(15)13)9-4-2-8(6-12)3-5-9/h2-5,7H,13H2,1H3. The van der Waals surface area contributed by atoms with Crippen LogP contribution in [0.5, 0.6) is 0 Å². The van der Waals surface area contributed by atoms with Crippen LogP contribution in [0.2, 0.25) is 0 Å². The van der Waals surface area contributed by atoms with Gasteiger partial charge in [-0.3, -0.25) is 0 Å². The third-order valence-electron chi connectivity index (χ3n) is 2.27. The summed E-state index contributed by atoms with van der Waals surface area (Å²) in [6.07, 6.45) is 1.67. The van der Waals surface area contributed by atoms with Gasteiger partial charge in [-0.1, -0.05) is 12.1 Å². The average Bonchev–Trinajstić information content (AvgIpc) is 2.60. The van der Waals surface area contributed by atoms with E-state index >= 15 is 0 Å². The van der Waals surface area contributed by atoms with Crippen molar-refractivity contribution < 1.29 is 0 Å². The van der Waals surface area contributed by atoms with Gasteiger partial charge in [-0.05, 0) is 12.1 Å². The van der Waals surface area contributed by atoms with Gasteiger partial charge in [0.2, 0.25) is 0 Å². The highest BCUT2D eigenvalue weighted by Gasteiger charge is 2.07. The lowest BCUT2D eigenvalue weighted by molar-refractivity contribution is 0.925. The molecule has 4 heteroatoms. The van der Waals surface area contributed by atoms with Crippen LogP contribution in [-0.2, 0) is 7.05 Å². The summed E-state index contributed by atoms with van der Waals surface area (Å²) in [5.74, 6) is 0.625. The van der Waals surface area contributed by atoms with Gasteiger partial charge in [0.1, 0.15) is 11.5 Å². The number of nitrogen functional groups attached to an aromatic ring is 1. The third kappa shape index (κ3) is 1.55. The van der Waals surface area contributed by atoms with Gasteiger partial charge in [0, 0.05) is 12.6 Å². The quantitative estimate of drug-likeness (QED) is 0.755. The second-order valence-electron chi connectivity index (χ2n) is 3.28. The third-order valence-corrected chi connectivity index (χ3v) is 2.27. The van der Waals surface area contributed by atoms with Crippen LogP contribution in [-0.4, -0.2) is 9.55 Å². The maximum Gasteiger partial charge on any atom is 0.131 e. The number of hydrogen-bond acceptors (Lipinski definition) is 3. The molecule has 0 aliphatic rings. The van der Waals surface area contributed by atoms with Crippen LogP contribution < -0.4 is 5.73 Å².